The summed E-state index contributed by atoms with van der Waals surface area (Å²) >= 11 is 0. The fraction of sp³-hybridized carbons (Fsp3) is 0.615. The SMILES string of the molecule is CCNc1ncnc(NC(C=O)CC(C)(C)C)c1F. The zero-order valence-corrected chi connectivity index (χ0v) is 11.8. The number of halogens is 1. The minimum Gasteiger partial charge on any atom is -0.368 e. The molecule has 1 aromatic rings. The zero-order chi connectivity index (χ0) is 14.5. The number of nitrogens with zero attached hydrogens (tertiary/aromatic N) is 2. The average molecular weight is 268 g/mol. The zero-order valence-electron chi connectivity index (χ0n) is 11.8. The minimum absolute atomic E-state index is 0.0351. The first-order valence-corrected chi connectivity index (χ1v) is 6.33. The second-order valence-corrected chi connectivity index (χ2v) is 5.57. The molecule has 106 valence electrons. The van der Waals surface area contributed by atoms with Crippen LogP contribution in [-0.4, -0.2) is 28.8 Å². The Morgan fingerprint density at radius 2 is 2.00 bits per heavy atom. The van der Waals surface area contributed by atoms with E-state index in [4.69, 9.17) is 0 Å². The van der Waals surface area contributed by atoms with Crippen molar-refractivity contribution in [1.29, 1.82) is 0 Å². The molecule has 1 atom stereocenters. The highest BCUT2D eigenvalue weighted by Crippen LogP contribution is 2.23. The highest BCUT2D eigenvalue weighted by Gasteiger charge is 2.20. The molecule has 5 nitrogen and oxygen atoms in total. The summed E-state index contributed by atoms with van der Waals surface area (Å²) in [5.41, 5.74) is -0.0351. The van der Waals surface area contributed by atoms with Crippen molar-refractivity contribution >= 4 is 17.9 Å². The van der Waals surface area contributed by atoms with Gasteiger partial charge in [0, 0.05) is 6.54 Å². The smallest absolute Gasteiger partial charge is 0.207 e. The Kier molecular flexibility index (Phi) is 5.20. The maximum absolute atomic E-state index is 14.0. The number of carbonyl (C=O) groups is 1. The van der Waals surface area contributed by atoms with Crippen molar-refractivity contribution in [3.63, 3.8) is 0 Å². The molecule has 0 fully saturated rings. The van der Waals surface area contributed by atoms with Crippen LogP contribution in [0.3, 0.4) is 0 Å². The quantitative estimate of drug-likeness (QED) is 0.776. The first-order valence-electron chi connectivity index (χ1n) is 6.33. The topological polar surface area (TPSA) is 66.9 Å². The number of hydrogen-bond donors (Lipinski definition) is 2. The highest BCUT2D eigenvalue weighted by molar-refractivity contribution is 5.64. The van der Waals surface area contributed by atoms with Crippen molar-refractivity contribution in [2.45, 2.75) is 40.2 Å². The van der Waals surface area contributed by atoms with E-state index in [0.717, 1.165) is 6.29 Å². The minimum atomic E-state index is -0.565. The number of aromatic nitrogens is 2. The molecule has 0 radical (unpaired) electrons. The van der Waals surface area contributed by atoms with Gasteiger partial charge < -0.3 is 15.4 Å². The van der Waals surface area contributed by atoms with Gasteiger partial charge in [-0.3, -0.25) is 0 Å². The lowest BCUT2D eigenvalue weighted by atomic mass is 9.88. The second kappa shape index (κ2) is 6.45. The van der Waals surface area contributed by atoms with Crippen LogP contribution in [0.15, 0.2) is 6.33 Å². The molecule has 0 amide bonds. The third-order valence-electron chi connectivity index (χ3n) is 2.45. The molecule has 0 saturated carbocycles. The van der Waals surface area contributed by atoms with Crippen LogP contribution in [0, 0.1) is 11.2 Å². The van der Waals surface area contributed by atoms with E-state index in [1.807, 2.05) is 27.7 Å². The summed E-state index contributed by atoms with van der Waals surface area (Å²) in [5.74, 6) is -0.377. The summed E-state index contributed by atoms with van der Waals surface area (Å²) in [6, 6.07) is -0.473. The molecular formula is C13H21FN4O. The van der Waals surface area contributed by atoms with Crippen molar-refractivity contribution in [3.8, 4) is 0 Å². The molecule has 1 heterocycles. The molecule has 1 rings (SSSR count). The van der Waals surface area contributed by atoms with Gasteiger partial charge in [-0.15, -0.1) is 0 Å². The van der Waals surface area contributed by atoms with Gasteiger partial charge >= 0.3 is 0 Å². The Labute approximate surface area is 113 Å². The average Bonchev–Trinajstić information content (AvgIpc) is 2.32. The maximum Gasteiger partial charge on any atom is 0.207 e. The van der Waals surface area contributed by atoms with Gasteiger partial charge in [0.15, 0.2) is 11.6 Å². The molecule has 6 heteroatoms. The van der Waals surface area contributed by atoms with Crippen LogP contribution >= 0.6 is 0 Å². The van der Waals surface area contributed by atoms with E-state index in [0.29, 0.717) is 13.0 Å². The molecule has 0 aliphatic rings. The summed E-state index contributed by atoms with van der Waals surface area (Å²) in [6.45, 7) is 8.47. The Bertz CT molecular complexity index is 431. The van der Waals surface area contributed by atoms with Crippen molar-refractivity contribution in [3.05, 3.63) is 12.1 Å². The van der Waals surface area contributed by atoms with Gasteiger partial charge in [0.05, 0.1) is 6.04 Å². The predicted molar refractivity (Wildman–Crippen MR) is 73.7 cm³/mol. The first-order chi connectivity index (χ1) is 8.87. The van der Waals surface area contributed by atoms with Crippen LogP contribution in [0.1, 0.15) is 34.1 Å². The van der Waals surface area contributed by atoms with Crippen molar-refractivity contribution in [2.24, 2.45) is 5.41 Å². The van der Waals surface area contributed by atoms with E-state index in [1.54, 1.807) is 0 Å². The molecule has 0 aromatic carbocycles. The van der Waals surface area contributed by atoms with E-state index in [9.17, 15) is 9.18 Å². The van der Waals surface area contributed by atoms with Gasteiger partial charge in [-0.25, -0.2) is 9.97 Å². The number of rotatable bonds is 6. The summed E-state index contributed by atoms with van der Waals surface area (Å²) in [7, 11) is 0. The molecule has 1 unspecified atom stereocenters. The van der Waals surface area contributed by atoms with Crippen molar-refractivity contribution in [2.75, 3.05) is 17.2 Å². The standard InChI is InChI=1S/C13H21FN4O/c1-5-15-11-10(14)12(17-8-16-11)18-9(7-19)6-13(2,3)4/h7-9H,5-6H2,1-4H3,(H2,15,16,17,18). The summed E-state index contributed by atoms with van der Waals surface area (Å²) in [5, 5.41) is 5.62. The molecule has 0 aliphatic heterocycles. The van der Waals surface area contributed by atoms with E-state index in [-0.39, 0.29) is 17.1 Å². The molecule has 1 aromatic heterocycles. The summed E-state index contributed by atoms with van der Waals surface area (Å²) in [6.07, 6.45) is 2.64. The Hall–Kier alpha value is -1.72. The molecule has 19 heavy (non-hydrogen) atoms. The van der Waals surface area contributed by atoms with E-state index in [1.165, 1.54) is 6.33 Å². The second-order valence-electron chi connectivity index (χ2n) is 5.57. The Balaban J connectivity index is 2.85. The summed E-state index contributed by atoms with van der Waals surface area (Å²) in [4.78, 5) is 18.7. The molecular weight excluding hydrogens is 247 g/mol. The van der Waals surface area contributed by atoms with Crippen LogP contribution in [0.2, 0.25) is 0 Å². The number of anilines is 2. The monoisotopic (exact) mass is 268 g/mol. The molecule has 0 saturated heterocycles. The predicted octanol–water partition coefficient (Wildman–Crippen LogP) is 2.46. The fourth-order valence-electron chi connectivity index (χ4n) is 1.73. The lowest BCUT2D eigenvalue weighted by molar-refractivity contribution is -0.109. The van der Waals surface area contributed by atoms with E-state index in [2.05, 4.69) is 20.6 Å². The first kappa shape index (κ1) is 15.3. The highest BCUT2D eigenvalue weighted by atomic mass is 19.1. The van der Waals surface area contributed by atoms with Crippen LogP contribution < -0.4 is 10.6 Å². The lowest BCUT2D eigenvalue weighted by Gasteiger charge is -2.23. The van der Waals surface area contributed by atoms with Crippen LogP contribution in [-0.2, 0) is 4.79 Å². The largest absolute Gasteiger partial charge is 0.368 e. The molecule has 0 spiro atoms. The fourth-order valence-corrected chi connectivity index (χ4v) is 1.73. The van der Waals surface area contributed by atoms with Crippen LogP contribution in [0.4, 0.5) is 16.0 Å². The van der Waals surface area contributed by atoms with Gasteiger partial charge in [-0.2, -0.15) is 4.39 Å². The third-order valence-corrected chi connectivity index (χ3v) is 2.45. The molecule has 2 N–H and O–H groups in total. The van der Waals surface area contributed by atoms with Gasteiger partial charge in [-0.05, 0) is 18.8 Å². The Morgan fingerprint density at radius 3 is 2.53 bits per heavy atom. The normalized spacial score (nSPS) is 12.9. The maximum atomic E-state index is 14.0. The van der Waals surface area contributed by atoms with Crippen molar-refractivity contribution < 1.29 is 9.18 Å². The number of carbonyl (C=O) groups excluding carboxylic acids is 1. The van der Waals surface area contributed by atoms with E-state index < -0.39 is 11.9 Å². The van der Waals surface area contributed by atoms with Gasteiger partial charge in [0.1, 0.15) is 12.6 Å². The number of nitrogens with one attached hydrogen (secondary N) is 2. The Morgan fingerprint density at radius 1 is 1.37 bits per heavy atom. The van der Waals surface area contributed by atoms with Gasteiger partial charge in [-0.1, -0.05) is 20.8 Å². The summed E-state index contributed by atoms with van der Waals surface area (Å²) < 4.78 is 14.0. The van der Waals surface area contributed by atoms with Crippen LogP contribution in [0.5, 0.6) is 0 Å². The van der Waals surface area contributed by atoms with Crippen LogP contribution in [0.25, 0.3) is 0 Å². The number of hydrogen-bond acceptors (Lipinski definition) is 5. The van der Waals surface area contributed by atoms with E-state index >= 15 is 0 Å². The third kappa shape index (κ3) is 4.81. The van der Waals surface area contributed by atoms with Gasteiger partial charge in [0.25, 0.3) is 0 Å². The van der Waals surface area contributed by atoms with Crippen molar-refractivity contribution in [1.82, 2.24) is 9.97 Å². The molecule has 0 aliphatic carbocycles. The molecule has 0 bridgehead atoms. The lowest BCUT2D eigenvalue weighted by Crippen LogP contribution is -2.28. The van der Waals surface area contributed by atoms with Gasteiger partial charge in [0.2, 0.25) is 5.82 Å². The number of aldehydes is 1.